The summed E-state index contributed by atoms with van der Waals surface area (Å²) in [6.07, 6.45) is 5.84. The van der Waals surface area contributed by atoms with Gasteiger partial charge < -0.3 is 15.1 Å². The van der Waals surface area contributed by atoms with Crippen LogP contribution in [0.15, 0.2) is 35.1 Å². The first kappa shape index (κ1) is 11.2. The maximum absolute atomic E-state index is 5.62. The predicted octanol–water partition coefficient (Wildman–Crippen LogP) is 1.70. The molecule has 0 unspecified atom stereocenters. The molecule has 0 aromatic carbocycles. The normalized spacial score (nSPS) is 14.7. The SMILES string of the molecule is NCc1ccnc(N(Cc2ccco2)C2CC2)n1. The molecule has 0 amide bonds. The number of nitrogens with zero attached hydrogens (tertiary/aromatic N) is 3. The van der Waals surface area contributed by atoms with Gasteiger partial charge in [0, 0.05) is 18.8 Å². The van der Waals surface area contributed by atoms with Crippen molar-refractivity contribution in [3.63, 3.8) is 0 Å². The molecule has 5 heteroatoms. The fourth-order valence-corrected chi connectivity index (χ4v) is 1.96. The maximum atomic E-state index is 5.62. The Bertz CT molecular complexity index is 507. The van der Waals surface area contributed by atoms with E-state index in [9.17, 15) is 0 Å². The summed E-state index contributed by atoms with van der Waals surface area (Å²) < 4.78 is 5.40. The number of aromatic nitrogens is 2. The van der Waals surface area contributed by atoms with Gasteiger partial charge in [-0.05, 0) is 31.0 Å². The highest BCUT2D eigenvalue weighted by molar-refractivity contribution is 5.35. The average Bonchev–Trinajstić information content (AvgIpc) is 3.13. The predicted molar refractivity (Wildman–Crippen MR) is 67.8 cm³/mol. The third-order valence-electron chi connectivity index (χ3n) is 3.06. The van der Waals surface area contributed by atoms with Crippen molar-refractivity contribution < 1.29 is 4.42 Å². The number of hydrogen-bond acceptors (Lipinski definition) is 5. The van der Waals surface area contributed by atoms with Crippen molar-refractivity contribution in [2.45, 2.75) is 32.0 Å². The Kier molecular flexibility index (Phi) is 2.98. The third-order valence-corrected chi connectivity index (χ3v) is 3.06. The Labute approximate surface area is 106 Å². The molecule has 0 aliphatic heterocycles. The molecule has 0 spiro atoms. The quantitative estimate of drug-likeness (QED) is 0.867. The summed E-state index contributed by atoms with van der Waals surface area (Å²) in [7, 11) is 0. The molecule has 0 saturated heterocycles. The Hall–Kier alpha value is -1.88. The van der Waals surface area contributed by atoms with Crippen LogP contribution in [0.5, 0.6) is 0 Å². The van der Waals surface area contributed by atoms with Gasteiger partial charge in [0.05, 0.1) is 18.5 Å². The molecule has 0 bridgehead atoms. The van der Waals surface area contributed by atoms with Gasteiger partial charge in [0.2, 0.25) is 5.95 Å². The number of rotatable bonds is 5. The van der Waals surface area contributed by atoms with E-state index < -0.39 is 0 Å². The molecule has 2 aromatic rings. The second kappa shape index (κ2) is 4.78. The summed E-state index contributed by atoms with van der Waals surface area (Å²) in [6.45, 7) is 1.15. The van der Waals surface area contributed by atoms with Crippen LogP contribution in [0.4, 0.5) is 5.95 Å². The van der Waals surface area contributed by atoms with Crippen molar-refractivity contribution in [3.05, 3.63) is 42.1 Å². The zero-order valence-corrected chi connectivity index (χ0v) is 10.1. The molecule has 1 aliphatic rings. The highest BCUT2D eigenvalue weighted by Crippen LogP contribution is 2.31. The van der Waals surface area contributed by atoms with E-state index in [4.69, 9.17) is 10.2 Å². The minimum absolute atomic E-state index is 0.439. The Balaban J connectivity index is 1.84. The minimum atomic E-state index is 0.439. The molecule has 2 aromatic heterocycles. The lowest BCUT2D eigenvalue weighted by Crippen LogP contribution is -2.27. The fourth-order valence-electron chi connectivity index (χ4n) is 1.96. The zero-order valence-electron chi connectivity index (χ0n) is 10.1. The largest absolute Gasteiger partial charge is 0.467 e. The van der Waals surface area contributed by atoms with E-state index in [0.29, 0.717) is 19.1 Å². The van der Waals surface area contributed by atoms with E-state index in [1.54, 1.807) is 12.5 Å². The van der Waals surface area contributed by atoms with Gasteiger partial charge >= 0.3 is 0 Å². The van der Waals surface area contributed by atoms with Gasteiger partial charge in [-0.25, -0.2) is 9.97 Å². The summed E-state index contributed by atoms with van der Waals surface area (Å²) in [5.74, 6) is 1.68. The van der Waals surface area contributed by atoms with E-state index in [1.807, 2.05) is 18.2 Å². The number of anilines is 1. The van der Waals surface area contributed by atoms with Crippen LogP contribution in [0.25, 0.3) is 0 Å². The van der Waals surface area contributed by atoms with Crippen LogP contribution in [0.3, 0.4) is 0 Å². The second-order valence-electron chi connectivity index (χ2n) is 4.49. The van der Waals surface area contributed by atoms with Gasteiger partial charge in [0.1, 0.15) is 5.76 Å². The highest BCUT2D eigenvalue weighted by Gasteiger charge is 2.31. The lowest BCUT2D eigenvalue weighted by atomic mass is 10.4. The first-order chi connectivity index (χ1) is 8.86. The minimum Gasteiger partial charge on any atom is -0.467 e. The van der Waals surface area contributed by atoms with Crippen molar-refractivity contribution in [2.75, 3.05) is 4.90 Å². The van der Waals surface area contributed by atoms with Crippen molar-refractivity contribution in [3.8, 4) is 0 Å². The van der Waals surface area contributed by atoms with Crippen LogP contribution in [-0.4, -0.2) is 16.0 Å². The summed E-state index contributed by atoms with van der Waals surface area (Å²) in [6, 6.07) is 6.25. The number of nitrogens with two attached hydrogens (primary N) is 1. The van der Waals surface area contributed by atoms with E-state index in [-0.39, 0.29) is 0 Å². The summed E-state index contributed by atoms with van der Waals surface area (Å²) in [4.78, 5) is 11.0. The summed E-state index contributed by atoms with van der Waals surface area (Å²) in [5, 5.41) is 0. The monoisotopic (exact) mass is 244 g/mol. The molecule has 0 atom stereocenters. The summed E-state index contributed by atoms with van der Waals surface area (Å²) in [5.41, 5.74) is 6.49. The first-order valence-electron chi connectivity index (χ1n) is 6.18. The van der Waals surface area contributed by atoms with Crippen molar-refractivity contribution in [2.24, 2.45) is 5.73 Å². The average molecular weight is 244 g/mol. The van der Waals surface area contributed by atoms with Crippen molar-refractivity contribution >= 4 is 5.95 Å². The van der Waals surface area contributed by atoms with Gasteiger partial charge in [0.25, 0.3) is 0 Å². The lowest BCUT2D eigenvalue weighted by Gasteiger charge is -2.21. The molecular formula is C13H16N4O. The van der Waals surface area contributed by atoms with Crippen LogP contribution in [0, 0.1) is 0 Å². The van der Waals surface area contributed by atoms with Crippen molar-refractivity contribution in [1.29, 1.82) is 0 Å². The van der Waals surface area contributed by atoms with Crippen LogP contribution in [0.2, 0.25) is 0 Å². The molecule has 1 aliphatic carbocycles. The smallest absolute Gasteiger partial charge is 0.226 e. The van der Waals surface area contributed by atoms with Crippen LogP contribution >= 0.6 is 0 Å². The molecular weight excluding hydrogens is 228 g/mol. The Morgan fingerprint density at radius 3 is 2.94 bits per heavy atom. The van der Waals surface area contributed by atoms with Crippen LogP contribution < -0.4 is 10.6 Å². The molecule has 2 N–H and O–H groups in total. The molecule has 94 valence electrons. The lowest BCUT2D eigenvalue weighted by molar-refractivity contribution is 0.499. The fraction of sp³-hybridized carbons (Fsp3) is 0.385. The highest BCUT2D eigenvalue weighted by atomic mass is 16.3. The second-order valence-corrected chi connectivity index (χ2v) is 4.49. The van der Waals surface area contributed by atoms with E-state index in [2.05, 4.69) is 14.9 Å². The number of hydrogen-bond donors (Lipinski definition) is 1. The van der Waals surface area contributed by atoms with Gasteiger partial charge in [-0.1, -0.05) is 0 Å². The van der Waals surface area contributed by atoms with Gasteiger partial charge in [-0.15, -0.1) is 0 Å². The molecule has 18 heavy (non-hydrogen) atoms. The Morgan fingerprint density at radius 1 is 1.39 bits per heavy atom. The van der Waals surface area contributed by atoms with E-state index in [1.165, 1.54) is 12.8 Å². The molecule has 3 rings (SSSR count). The molecule has 1 fully saturated rings. The van der Waals surface area contributed by atoms with E-state index in [0.717, 1.165) is 17.4 Å². The topological polar surface area (TPSA) is 68.2 Å². The van der Waals surface area contributed by atoms with Gasteiger partial charge in [0.15, 0.2) is 0 Å². The maximum Gasteiger partial charge on any atom is 0.226 e. The van der Waals surface area contributed by atoms with Crippen molar-refractivity contribution in [1.82, 2.24) is 9.97 Å². The first-order valence-corrected chi connectivity index (χ1v) is 6.18. The van der Waals surface area contributed by atoms with Gasteiger partial charge in [-0.3, -0.25) is 0 Å². The van der Waals surface area contributed by atoms with Crippen LogP contribution in [0.1, 0.15) is 24.3 Å². The number of furan rings is 1. The third kappa shape index (κ3) is 2.36. The van der Waals surface area contributed by atoms with E-state index >= 15 is 0 Å². The Morgan fingerprint density at radius 2 is 2.28 bits per heavy atom. The summed E-state index contributed by atoms with van der Waals surface area (Å²) >= 11 is 0. The standard InChI is InChI=1S/C13H16N4O/c14-8-10-5-6-15-13(16-10)17(11-3-4-11)9-12-2-1-7-18-12/h1-2,5-7,11H,3-4,8-9,14H2. The molecule has 1 saturated carbocycles. The molecule has 5 nitrogen and oxygen atoms in total. The molecule has 2 heterocycles. The van der Waals surface area contributed by atoms with Crippen LogP contribution in [-0.2, 0) is 13.1 Å². The van der Waals surface area contributed by atoms with Gasteiger partial charge in [-0.2, -0.15) is 0 Å². The molecule has 0 radical (unpaired) electrons. The zero-order chi connectivity index (χ0) is 12.4.